The molecule has 0 aliphatic heterocycles. The molecule has 0 spiro atoms. The summed E-state index contributed by atoms with van der Waals surface area (Å²) in [4.78, 5) is 17.2. The molecule has 26 heavy (non-hydrogen) atoms. The van der Waals surface area contributed by atoms with E-state index in [2.05, 4.69) is 10.9 Å². The Balaban J connectivity index is 2.19. The van der Waals surface area contributed by atoms with Crippen LogP contribution in [0.2, 0.25) is 5.02 Å². The third-order valence-electron chi connectivity index (χ3n) is 3.60. The number of fused-ring (bicyclic) bond motifs is 1. The Morgan fingerprint density at radius 2 is 2.08 bits per heavy atom. The van der Waals surface area contributed by atoms with Crippen molar-refractivity contribution < 1.29 is 13.2 Å². The zero-order chi connectivity index (χ0) is 18.9. The van der Waals surface area contributed by atoms with Crippen molar-refractivity contribution >= 4 is 48.9 Å². The van der Waals surface area contributed by atoms with E-state index in [-0.39, 0.29) is 11.4 Å². The predicted octanol–water partition coefficient (Wildman–Crippen LogP) is 3.13. The summed E-state index contributed by atoms with van der Waals surface area (Å²) < 4.78 is 25.9. The Morgan fingerprint density at radius 1 is 1.31 bits per heavy atom. The smallest absolute Gasteiger partial charge is 0.279 e. The van der Waals surface area contributed by atoms with Crippen molar-refractivity contribution in [2.75, 3.05) is 6.26 Å². The van der Waals surface area contributed by atoms with Gasteiger partial charge in [-0.2, -0.15) is 4.99 Å². The quantitative estimate of drug-likeness (QED) is 0.630. The van der Waals surface area contributed by atoms with Gasteiger partial charge in [-0.15, -0.1) is 6.42 Å². The van der Waals surface area contributed by atoms with Crippen molar-refractivity contribution in [2.45, 2.75) is 11.4 Å². The summed E-state index contributed by atoms with van der Waals surface area (Å²) in [6, 6.07) is 11.2. The third-order valence-corrected chi connectivity index (χ3v) is 5.99. The molecule has 0 aliphatic carbocycles. The number of amides is 1. The predicted molar refractivity (Wildman–Crippen MR) is 103 cm³/mol. The van der Waals surface area contributed by atoms with Crippen LogP contribution in [0.5, 0.6) is 0 Å². The van der Waals surface area contributed by atoms with Crippen molar-refractivity contribution in [2.24, 2.45) is 4.99 Å². The average molecular weight is 405 g/mol. The summed E-state index contributed by atoms with van der Waals surface area (Å²) >= 11 is 7.12. The number of hydrogen-bond acceptors (Lipinski definition) is 4. The first kappa shape index (κ1) is 18.4. The van der Waals surface area contributed by atoms with Crippen LogP contribution in [-0.4, -0.2) is 25.1 Å². The van der Waals surface area contributed by atoms with E-state index in [1.165, 1.54) is 23.5 Å². The van der Waals surface area contributed by atoms with Gasteiger partial charge in [0.2, 0.25) is 0 Å². The highest BCUT2D eigenvalue weighted by molar-refractivity contribution is 7.90. The van der Waals surface area contributed by atoms with Gasteiger partial charge in [-0.25, -0.2) is 8.42 Å². The van der Waals surface area contributed by atoms with Crippen LogP contribution in [-0.2, 0) is 16.4 Å². The van der Waals surface area contributed by atoms with Gasteiger partial charge in [0.05, 0.1) is 21.7 Å². The van der Waals surface area contributed by atoms with Crippen LogP contribution in [0.1, 0.15) is 10.4 Å². The summed E-state index contributed by atoms with van der Waals surface area (Å²) in [6.45, 7) is 0.208. The molecule has 3 aromatic rings. The Morgan fingerprint density at radius 3 is 2.73 bits per heavy atom. The lowest BCUT2D eigenvalue weighted by Crippen LogP contribution is -2.16. The molecule has 132 valence electrons. The maximum atomic E-state index is 12.4. The lowest BCUT2D eigenvalue weighted by molar-refractivity contribution is 0.0998. The molecule has 2 aromatic carbocycles. The fraction of sp³-hybridized carbons (Fsp3) is 0.111. The molecule has 0 N–H and O–H groups in total. The molecule has 0 saturated heterocycles. The Bertz CT molecular complexity index is 1230. The number of benzene rings is 2. The molecule has 0 saturated carbocycles. The SMILES string of the molecule is C#CCn1c(=NC(=O)c2cccc(Cl)c2)sc2cc(S(C)(=O)=O)ccc21. The maximum Gasteiger partial charge on any atom is 0.279 e. The maximum absolute atomic E-state index is 12.4. The largest absolute Gasteiger partial charge is 0.305 e. The number of nitrogens with zero attached hydrogens (tertiary/aromatic N) is 2. The highest BCUT2D eigenvalue weighted by Crippen LogP contribution is 2.22. The van der Waals surface area contributed by atoms with E-state index < -0.39 is 15.7 Å². The zero-order valence-electron chi connectivity index (χ0n) is 13.6. The van der Waals surface area contributed by atoms with Crippen molar-refractivity contribution in [1.29, 1.82) is 0 Å². The first-order valence-corrected chi connectivity index (χ1v) is 10.5. The van der Waals surface area contributed by atoms with Crippen LogP contribution < -0.4 is 4.80 Å². The summed E-state index contributed by atoms with van der Waals surface area (Å²) in [7, 11) is -3.34. The molecule has 0 bridgehead atoms. The lowest BCUT2D eigenvalue weighted by atomic mass is 10.2. The van der Waals surface area contributed by atoms with E-state index in [1.54, 1.807) is 34.9 Å². The van der Waals surface area contributed by atoms with E-state index in [0.717, 1.165) is 11.8 Å². The van der Waals surface area contributed by atoms with Crippen LogP contribution >= 0.6 is 22.9 Å². The monoisotopic (exact) mass is 404 g/mol. The van der Waals surface area contributed by atoms with Crippen LogP contribution in [0.25, 0.3) is 10.2 Å². The van der Waals surface area contributed by atoms with Crippen LogP contribution in [0.3, 0.4) is 0 Å². The molecular weight excluding hydrogens is 392 g/mol. The second-order valence-corrected chi connectivity index (χ2v) is 8.97. The number of carbonyl (C=O) groups excluding carboxylic acids is 1. The van der Waals surface area contributed by atoms with Gasteiger partial charge in [0.1, 0.15) is 0 Å². The minimum atomic E-state index is -3.34. The summed E-state index contributed by atoms with van der Waals surface area (Å²) in [5.74, 6) is 2.08. The van der Waals surface area contributed by atoms with E-state index >= 15 is 0 Å². The Kier molecular flexibility index (Phi) is 5.01. The minimum Gasteiger partial charge on any atom is -0.305 e. The van der Waals surface area contributed by atoms with E-state index in [0.29, 0.717) is 20.1 Å². The fourth-order valence-electron chi connectivity index (χ4n) is 2.39. The first-order valence-electron chi connectivity index (χ1n) is 7.41. The normalized spacial score (nSPS) is 12.3. The number of terminal acetylenes is 1. The number of aromatic nitrogens is 1. The van der Waals surface area contributed by atoms with Crippen LogP contribution in [0, 0.1) is 12.3 Å². The number of thiazole rings is 1. The van der Waals surface area contributed by atoms with Gasteiger partial charge in [-0.1, -0.05) is 34.9 Å². The molecule has 3 rings (SSSR count). The van der Waals surface area contributed by atoms with Gasteiger partial charge in [0.25, 0.3) is 5.91 Å². The summed E-state index contributed by atoms with van der Waals surface area (Å²) in [6.07, 6.45) is 6.58. The number of rotatable bonds is 3. The molecule has 1 aromatic heterocycles. The second-order valence-electron chi connectivity index (χ2n) is 5.50. The van der Waals surface area contributed by atoms with Crippen LogP contribution in [0.4, 0.5) is 0 Å². The third kappa shape index (κ3) is 3.73. The van der Waals surface area contributed by atoms with Crippen molar-refractivity contribution in [3.63, 3.8) is 0 Å². The summed E-state index contributed by atoms with van der Waals surface area (Å²) in [5.41, 5.74) is 1.08. The summed E-state index contributed by atoms with van der Waals surface area (Å²) in [5, 5.41) is 0.441. The second kappa shape index (κ2) is 7.08. The minimum absolute atomic E-state index is 0.201. The number of carbonyl (C=O) groups is 1. The van der Waals surface area contributed by atoms with Crippen molar-refractivity contribution in [3.8, 4) is 12.3 Å². The molecule has 1 amide bonds. The molecule has 1 heterocycles. The van der Waals surface area contributed by atoms with Gasteiger partial charge >= 0.3 is 0 Å². The first-order chi connectivity index (χ1) is 12.3. The van der Waals surface area contributed by atoms with Crippen LogP contribution in [0.15, 0.2) is 52.4 Å². The van der Waals surface area contributed by atoms with E-state index in [1.807, 2.05) is 0 Å². The molecule has 0 unspecified atom stereocenters. The molecule has 0 fully saturated rings. The Labute approximate surface area is 159 Å². The van der Waals surface area contributed by atoms with Gasteiger partial charge in [0, 0.05) is 16.8 Å². The van der Waals surface area contributed by atoms with E-state index in [4.69, 9.17) is 18.0 Å². The molecule has 5 nitrogen and oxygen atoms in total. The van der Waals surface area contributed by atoms with Gasteiger partial charge < -0.3 is 4.57 Å². The molecule has 0 atom stereocenters. The number of halogens is 1. The highest BCUT2D eigenvalue weighted by Gasteiger charge is 2.13. The molecule has 0 radical (unpaired) electrons. The molecule has 0 aliphatic rings. The van der Waals surface area contributed by atoms with Crippen molar-refractivity contribution in [1.82, 2.24) is 4.57 Å². The topological polar surface area (TPSA) is 68.5 Å². The van der Waals surface area contributed by atoms with E-state index in [9.17, 15) is 13.2 Å². The Hall–Kier alpha value is -2.40. The number of hydrogen-bond donors (Lipinski definition) is 0. The van der Waals surface area contributed by atoms with Gasteiger partial charge in [0.15, 0.2) is 14.6 Å². The fourth-order valence-corrected chi connectivity index (χ4v) is 4.37. The van der Waals surface area contributed by atoms with Gasteiger partial charge in [-0.05, 0) is 36.4 Å². The van der Waals surface area contributed by atoms with Crippen molar-refractivity contribution in [3.05, 3.63) is 57.9 Å². The zero-order valence-corrected chi connectivity index (χ0v) is 16.0. The molecular formula is C18H13ClN2O3S2. The highest BCUT2D eigenvalue weighted by atomic mass is 35.5. The van der Waals surface area contributed by atoms with Gasteiger partial charge in [-0.3, -0.25) is 4.79 Å². The average Bonchev–Trinajstić information content (AvgIpc) is 2.91. The standard InChI is InChI=1S/C18H13ClN2O3S2/c1-3-9-21-15-8-7-14(26(2,23)24)11-16(15)25-18(21)20-17(22)12-5-4-6-13(19)10-12/h1,4-8,10-11H,9H2,2H3. The number of sulfone groups is 1. The molecule has 8 heteroatoms. The lowest BCUT2D eigenvalue weighted by Gasteiger charge is -2.01.